The lowest BCUT2D eigenvalue weighted by molar-refractivity contribution is -0.136. The first kappa shape index (κ1) is 13.8. The first-order valence-corrected chi connectivity index (χ1v) is 6.96. The first-order chi connectivity index (χ1) is 9.06. The topological polar surface area (TPSA) is 37.4 Å². The van der Waals surface area contributed by atoms with Gasteiger partial charge in [0.25, 0.3) is 11.8 Å². The van der Waals surface area contributed by atoms with Crippen LogP contribution in [0.3, 0.4) is 0 Å². The van der Waals surface area contributed by atoms with Crippen molar-refractivity contribution in [2.75, 3.05) is 6.54 Å². The zero-order valence-electron chi connectivity index (χ0n) is 11.8. The van der Waals surface area contributed by atoms with Gasteiger partial charge in [0.1, 0.15) is 0 Å². The molecule has 1 saturated carbocycles. The molecule has 0 bridgehead atoms. The lowest BCUT2D eigenvalue weighted by atomic mass is 10.1. The van der Waals surface area contributed by atoms with Gasteiger partial charge in [-0.25, -0.2) is 0 Å². The molecule has 0 aromatic carbocycles. The number of nitrogens with zero attached hydrogens (tertiary/aromatic N) is 1. The Kier molecular flexibility index (Phi) is 4.03. The Bertz CT molecular complexity index is 467. The quantitative estimate of drug-likeness (QED) is 0.562. The van der Waals surface area contributed by atoms with Crippen molar-refractivity contribution in [2.24, 2.45) is 11.8 Å². The Morgan fingerprint density at radius 3 is 2.53 bits per heavy atom. The van der Waals surface area contributed by atoms with E-state index in [9.17, 15) is 9.59 Å². The van der Waals surface area contributed by atoms with Crippen LogP contribution in [0.2, 0.25) is 0 Å². The highest BCUT2D eigenvalue weighted by Gasteiger charge is 2.40. The zero-order chi connectivity index (χ0) is 14.0. The average Bonchev–Trinajstić information content (AvgIpc) is 2.90. The molecule has 2 amide bonds. The predicted octanol–water partition coefficient (Wildman–Crippen LogP) is 2.85. The van der Waals surface area contributed by atoms with Crippen molar-refractivity contribution in [3.63, 3.8) is 0 Å². The van der Waals surface area contributed by atoms with Gasteiger partial charge < -0.3 is 0 Å². The molecular formula is C16H21NO2. The fourth-order valence-corrected chi connectivity index (χ4v) is 2.85. The average molecular weight is 259 g/mol. The van der Waals surface area contributed by atoms with E-state index in [4.69, 9.17) is 0 Å². The normalized spacial score (nSPS) is 28.7. The van der Waals surface area contributed by atoms with E-state index in [1.807, 2.05) is 0 Å². The summed E-state index contributed by atoms with van der Waals surface area (Å²) in [6.07, 6.45) is 8.98. The monoisotopic (exact) mass is 259 g/mol. The van der Waals surface area contributed by atoms with E-state index in [0.717, 1.165) is 12.8 Å². The highest BCUT2D eigenvalue weighted by Crippen LogP contribution is 2.50. The van der Waals surface area contributed by atoms with Crippen LogP contribution in [0.4, 0.5) is 0 Å². The van der Waals surface area contributed by atoms with Crippen LogP contribution >= 0.6 is 0 Å². The van der Waals surface area contributed by atoms with Crippen LogP contribution in [-0.2, 0) is 9.59 Å². The Morgan fingerprint density at radius 1 is 1.32 bits per heavy atom. The number of carbonyl (C=O) groups is 2. The maximum absolute atomic E-state index is 11.4. The fraction of sp³-hybridized carbons (Fsp3) is 0.500. The van der Waals surface area contributed by atoms with E-state index in [-0.39, 0.29) is 11.8 Å². The minimum atomic E-state index is -0.189. The van der Waals surface area contributed by atoms with E-state index in [0.29, 0.717) is 18.4 Å². The van der Waals surface area contributed by atoms with Crippen molar-refractivity contribution in [1.29, 1.82) is 0 Å². The Labute approximate surface area is 114 Å². The van der Waals surface area contributed by atoms with Gasteiger partial charge in [-0.2, -0.15) is 0 Å². The lowest BCUT2D eigenvalue weighted by Crippen LogP contribution is -2.30. The minimum absolute atomic E-state index is 0.189. The molecule has 1 aliphatic heterocycles. The summed E-state index contributed by atoms with van der Waals surface area (Å²) in [5, 5.41) is 0. The fourth-order valence-electron chi connectivity index (χ4n) is 2.85. The summed E-state index contributed by atoms with van der Waals surface area (Å²) in [6, 6.07) is 0. The smallest absolute Gasteiger partial charge is 0.253 e. The molecule has 2 rings (SSSR count). The molecule has 1 fully saturated rings. The zero-order valence-corrected chi connectivity index (χ0v) is 11.8. The van der Waals surface area contributed by atoms with E-state index in [1.165, 1.54) is 28.2 Å². The summed E-state index contributed by atoms with van der Waals surface area (Å²) in [5.41, 5.74) is 2.89. The molecule has 2 atom stereocenters. The molecule has 1 aliphatic carbocycles. The number of imide groups is 1. The third-order valence-corrected chi connectivity index (χ3v) is 3.93. The van der Waals surface area contributed by atoms with E-state index >= 15 is 0 Å². The van der Waals surface area contributed by atoms with Gasteiger partial charge in [0, 0.05) is 24.6 Å². The number of allylic oxidation sites excluding steroid dienone is 3. The SMILES string of the molecule is CC/C=C(/C)C1C(=CCCN2C(=O)C=CC2=O)C1C. The molecule has 0 spiro atoms. The second-order valence-electron chi connectivity index (χ2n) is 5.28. The van der Waals surface area contributed by atoms with Crippen molar-refractivity contribution in [3.8, 4) is 0 Å². The summed E-state index contributed by atoms with van der Waals surface area (Å²) in [7, 11) is 0. The Balaban J connectivity index is 1.86. The molecule has 19 heavy (non-hydrogen) atoms. The van der Waals surface area contributed by atoms with Crippen LogP contribution in [0.5, 0.6) is 0 Å². The molecule has 0 aromatic rings. The molecule has 3 nitrogen and oxygen atoms in total. The molecule has 0 aromatic heterocycles. The van der Waals surface area contributed by atoms with Crippen LogP contribution in [-0.4, -0.2) is 23.3 Å². The number of amides is 2. The van der Waals surface area contributed by atoms with Gasteiger partial charge in [-0.3, -0.25) is 14.5 Å². The number of hydrogen-bond acceptors (Lipinski definition) is 2. The Morgan fingerprint density at radius 2 is 1.95 bits per heavy atom. The highest BCUT2D eigenvalue weighted by molar-refractivity contribution is 6.12. The molecule has 3 heteroatoms. The largest absolute Gasteiger partial charge is 0.275 e. The van der Waals surface area contributed by atoms with Crippen LogP contribution in [0.15, 0.2) is 35.5 Å². The second kappa shape index (κ2) is 5.55. The van der Waals surface area contributed by atoms with Gasteiger partial charge in [-0.15, -0.1) is 0 Å². The maximum atomic E-state index is 11.4. The summed E-state index contributed by atoms with van der Waals surface area (Å²) < 4.78 is 0. The summed E-state index contributed by atoms with van der Waals surface area (Å²) in [4.78, 5) is 24.1. The van der Waals surface area contributed by atoms with E-state index in [2.05, 4.69) is 32.9 Å². The molecule has 102 valence electrons. The molecule has 2 aliphatic rings. The van der Waals surface area contributed by atoms with Crippen molar-refractivity contribution in [1.82, 2.24) is 4.90 Å². The maximum Gasteiger partial charge on any atom is 0.253 e. The first-order valence-electron chi connectivity index (χ1n) is 6.96. The van der Waals surface area contributed by atoms with Crippen molar-refractivity contribution in [2.45, 2.75) is 33.6 Å². The van der Waals surface area contributed by atoms with Crippen LogP contribution < -0.4 is 0 Å². The molecule has 0 radical (unpaired) electrons. The number of rotatable bonds is 5. The van der Waals surface area contributed by atoms with Crippen LogP contribution in [0.25, 0.3) is 0 Å². The van der Waals surface area contributed by atoms with E-state index < -0.39 is 0 Å². The van der Waals surface area contributed by atoms with Gasteiger partial charge in [0.15, 0.2) is 0 Å². The van der Waals surface area contributed by atoms with Crippen LogP contribution in [0, 0.1) is 11.8 Å². The van der Waals surface area contributed by atoms with Gasteiger partial charge >= 0.3 is 0 Å². The summed E-state index contributed by atoms with van der Waals surface area (Å²) in [6.45, 7) is 7.06. The molecule has 0 saturated heterocycles. The third-order valence-electron chi connectivity index (χ3n) is 3.93. The second-order valence-corrected chi connectivity index (χ2v) is 5.28. The number of carbonyl (C=O) groups excluding carboxylic acids is 2. The van der Waals surface area contributed by atoms with Gasteiger partial charge in [-0.05, 0) is 25.7 Å². The standard InChI is InChI=1S/C16H21NO2/c1-4-6-11(2)16-12(3)13(16)7-5-10-17-14(18)8-9-15(17)19/h6-9,12,16H,4-5,10H2,1-3H3/b11-6-,13-7?. The van der Waals surface area contributed by atoms with Gasteiger partial charge in [0.2, 0.25) is 0 Å². The van der Waals surface area contributed by atoms with Crippen molar-refractivity contribution in [3.05, 3.63) is 35.5 Å². The molecular weight excluding hydrogens is 238 g/mol. The van der Waals surface area contributed by atoms with E-state index in [1.54, 1.807) is 0 Å². The van der Waals surface area contributed by atoms with Gasteiger partial charge in [-0.1, -0.05) is 37.1 Å². The van der Waals surface area contributed by atoms with Crippen LogP contribution in [0.1, 0.15) is 33.6 Å². The van der Waals surface area contributed by atoms with Crippen molar-refractivity contribution < 1.29 is 9.59 Å². The lowest BCUT2D eigenvalue weighted by Gasteiger charge is -2.11. The molecule has 2 unspecified atom stereocenters. The summed E-state index contributed by atoms with van der Waals surface area (Å²) >= 11 is 0. The minimum Gasteiger partial charge on any atom is -0.275 e. The third kappa shape index (κ3) is 2.86. The van der Waals surface area contributed by atoms with Crippen molar-refractivity contribution >= 4 is 11.8 Å². The van der Waals surface area contributed by atoms with Gasteiger partial charge in [0.05, 0.1) is 0 Å². The molecule has 1 heterocycles. The Hall–Kier alpha value is -1.64. The number of hydrogen-bond donors (Lipinski definition) is 0. The molecule has 0 N–H and O–H groups in total. The predicted molar refractivity (Wildman–Crippen MR) is 75.3 cm³/mol. The summed E-state index contributed by atoms with van der Waals surface area (Å²) in [5.74, 6) is 0.825. The highest BCUT2D eigenvalue weighted by atomic mass is 16.2.